The van der Waals surface area contributed by atoms with Crippen molar-refractivity contribution in [2.24, 2.45) is 13.0 Å². The molecule has 1 fully saturated rings. The molecular formula is C15H24N4O3. The van der Waals surface area contributed by atoms with Gasteiger partial charge in [0.25, 0.3) is 0 Å². The Morgan fingerprint density at radius 2 is 1.95 bits per heavy atom. The van der Waals surface area contributed by atoms with E-state index in [1.165, 1.54) is 0 Å². The first kappa shape index (κ1) is 16.3. The lowest BCUT2D eigenvalue weighted by molar-refractivity contribution is -0.121. The van der Waals surface area contributed by atoms with Crippen molar-refractivity contribution in [1.82, 2.24) is 14.7 Å². The summed E-state index contributed by atoms with van der Waals surface area (Å²) in [6.45, 7) is 6.62. The van der Waals surface area contributed by atoms with E-state index in [-0.39, 0.29) is 17.9 Å². The lowest BCUT2D eigenvalue weighted by Gasteiger charge is -2.32. The smallest absolute Gasteiger partial charge is 0.410 e. The number of hydrogen-bond donors (Lipinski definition) is 1. The van der Waals surface area contributed by atoms with E-state index >= 15 is 0 Å². The highest BCUT2D eigenvalue weighted by atomic mass is 16.6. The van der Waals surface area contributed by atoms with Gasteiger partial charge in [-0.05, 0) is 33.6 Å². The molecule has 0 aliphatic carbocycles. The van der Waals surface area contributed by atoms with Gasteiger partial charge < -0.3 is 15.0 Å². The second-order valence-corrected chi connectivity index (χ2v) is 6.63. The van der Waals surface area contributed by atoms with E-state index < -0.39 is 5.60 Å². The van der Waals surface area contributed by atoms with Gasteiger partial charge in [0.05, 0.1) is 11.9 Å². The molecular weight excluding hydrogens is 284 g/mol. The molecule has 1 aliphatic heterocycles. The van der Waals surface area contributed by atoms with Crippen molar-refractivity contribution in [1.29, 1.82) is 0 Å². The largest absolute Gasteiger partial charge is 0.444 e. The van der Waals surface area contributed by atoms with E-state index in [0.29, 0.717) is 31.6 Å². The highest BCUT2D eigenvalue weighted by Crippen LogP contribution is 2.21. The highest BCUT2D eigenvalue weighted by molar-refractivity contribution is 5.92. The number of amides is 2. The fourth-order valence-electron chi connectivity index (χ4n) is 2.38. The molecule has 22 heavy (non-hydrogen) atoms. The molecule has 0 unspecified atom stereocenters. The number of ether oxygens (including phenoxy) is 1. The normalized spacial score (nSPS) is 16.5. The zero-order valence-corrected chi connectivity index (χ0v) is 13.6. The van der Waals surface area contributed by atoms with Crippen LogP contribution in [-0.4, -0.2) is 45.4 Å². The Morgan fingerprint density at radius 3 is 2.45 bits per heavy atom. The third-order valence-corrected chi connectivity index (χ3v) is 3.49. The van der Waals surface area contributed by atoms with Crippen LogP contribution in [0.15, 0.2) is 12.4 Å². The summed E-state index contributed by atoms with van der Waals surface area (Å²) >= 11 is 0. The van der Waals surface area contributed by atoms with Gasteiger partial charge in [-0.15, -0.1) is 0 Å². The van der Waals surface area contributed by atoms with Gasteiger partial charge in [-0.1, -0.05) is 0 Å². The standard InChI is InChI=1S/C15H24N4O3/c1-15(2,3)22-14(21)19-7-5-11(6-8-19)13(20)17-12-9-16-18(4)10-12/h9-11H,5-8H2,1-4H3,(H,17,20). The fraction of sp³-hybridized carbons (Fsp3) is 0.667. The molecule has 1 aromatic rings. The second-order valence-electron chi connectivity index (χ2n) is 6.63. The number of hydrogen-bond acceptors (Lipinski definition) is 4. The number of aromatic nitrogens is 2. The van der Waals surface area contributed by atoms with Crippen LogP contribution in [0, 0.1) is 5.92 Å². The summed E-state index contributed by atoms with van der Waals surface area (Å²) in [5, 5.41) is 6.87. The molecule has 2 rings (SSSR count). The maximum absolute atomic E-state index is 12.2. The van der Waals surface area contributed by atoms with Gasteiger partial charge in [0.15, 0.2) is 0 Å². The summed E-state index contributed by atoms with van der Waals surface area (Å²) in [5.74, 6) is -0.101. The summed E-state index contributed by atoms with van der Waals surface area (Å²) in [7, 11) is 1.80. The van der Waals surface area contributed by atoms with Gasteiger partial charge in [0.2, 0.25) is 5.91 Å². The van der Waals surface area contributed by atoms with Crippen LogP contribution < -0.4 is 5.32 Å². The lowest BCUT2D eigenvalue weighted by atomic mass is 9.96. The van der Waals surface area contributed by atoms with Crippen molar-refractivity contribution in [2.45, 2.75) is 39.2 Å². The number of anilines is 1. The van der Waals surface area contributed by atoms with Gasteiger partial charge in [-0.2, -0.15) is 5.10 Å². The molecule has 0 saturated carbocycles. The Labute approximate surface area is 130 Å². The highest BCUT2D eigenvalue weighted by Gasteiger charge is 2.29. The molecule has 2 heterocycles. The first-order chi connectivity index (χ1) is 10.2. The van der Waals surface area contributed by atoms with Crippen LogP contribution in [0.3, 0.4) is 0 Å². The second kappa shape index (κ2) is 6.37. The molecule has 2 amide bonds. The van der Waals surface area contributed by atoms with Crippen LogP contribution in [0.4, 0.5) is 10.5 Å². The molecule has 7 nitrogen and oxygen atoms in total. The molecule has 1 N–H and O–H groups in total. The summed E-state index contributed by atoms with van der Waals surface area (Å²) in [5.41, 5.74) is 0.202. The molecule has 0 bridgehead atoms. The fourth-order valence-corrected chi connectivity index (χ4v) is 2.38. The van der Waals surface area contributed by atoms with Crippen LogP contribution in [0.2, 0.25) is 0 Å². The van der Waals surface area contributed by atoms with E-state index in [1.807, 2.05) is 20.8 Å². The van der Waals surface area contributed by atoms with Crippen LogP contribution in [0.5, 0.6) is 0 Å². The minimum absolute atomic E-state index is 0.0168. The van der Waals surface area contributed by atoms with Crippen molar-refractivity contribution >= 4 is 17.7 Å². The van der Waals surface area contributed by atoms with Crippen molar-refractivity contribution in [3.63, 3.8) is 0 Å². The Balaban J connectivity index is 1.81. The molecule has 1 aliphatic rings. The van der Waals surface area contributed by atoms with Gasteiger partial charge in [-0.3, -0.25) is 9.48 Å². The quantitative estimate of drug-likeness (QED) is 0.906. The number of piperidine rings is 1. The number of likely N-dealkylation sites (tertiary alicyclic amines) is 1. The van der Waals surface area contributed by atoms with Crippen LogP contribution >= 0.6 is 0 Å². The number of carbonyl (C=O) groups excluding carboxylic acids is 2. The molecule has 122 valence electrons. The van der Waals surface area contributed by atoms with Crippen molar-refractivity contribution < 1.29 is 14.3 Å². The third kappa shape index (κ3) is 4.47. The van der Waals surface area contributed by atoms with Gasteiger partial charge >= 0.3 is 6.09 Å². The van der Waals surface area contributed by atoms with Gasteiger partial charge in [0.1, 0.15) is 5.60 Å². The minimum atomic E-state index is -0.494. The minimum Gasteiger partial charge on any atom is -0.444 e. The molecule has 0 radical (unpaired) electrons. The SMILES string of the molecule is Cn1cc(NC(=O)C2CCN(C(=O)OC(C)(C)C)CC2)cn1. The first-order valence-electron chi connectivity index (χ1n) is 7.52. The zero-order valence-electron chi connectivity index (χ0n) is 13.6. The molecule has 0 atom stereocenters. The van der Waals surface area contributed by atoms with E-state index in [4.69, 9.17) is 4.74 Å². The zero-order chi connectivity index (χ0) is 16.3. The topological polar surface area (TPSA) is 76.5 Å². The number of aryl methyl sites for hydroxylation is 1. The summed E-state index contributed by atoms with van der Waals surface area (Å²) in [6.07, 6.45) is 4.36. The van der Waals surface area contributed by atoms with Crippen LogP contribution in [-0.2, 0) is 16.6 Å². The first-order valence-corrected chi connectivity index (χ1v) is 7.52. The summed E-state index contributed by atoms with van der Waals surface area (Å²) in [4.78, 5) is 25.8. The average molecular weight is 308 g/mol. The summed E-state index contributed by atoms with van der Waals surface area (Å²) in [6, 6.07) is 0. The monoisotopic (exact) mass is 308 g/mol. The maximum Gasteiger partial charge on any atom is 0.410 e. The molecule has 1 saturated heterocycles. The lowest BCUT2D eigenvalue weighted by Crippen LogP contribution is -2.43. The molecule has 1 aromatic heterocycles. The molecule has 0 aromatic carbocycles. The maximum atomic E-state index is 12.2. The summed E-state index contributed by atoms with van der Waals surface area (Å²) < 4.78 is 6.99. The van der Waals surface area contributed by atoms with E-state index in [1.54, 1.807) is 29.0 Å². The average Bonchev–Trinajstić information content (AvgIpc) is 2.82. The van der Waals surface area contributed by atoms with Crippen molar-refractivity contribution in [3.05, 3.63) is 12.4 Å². The number of nitrogens with one attached hydrogen (secondary N) is 1. The molecule has 7 heteroatoms. The Hall–Kier alpha value is -2.05. The Bertz CT molecular complexity index is 539. The van der Waals surface area contributed by atoms with Gasteiger partial charge in [0, 0.05) is 32.3 Å². The van der Waals surface area contributed by atoms with E-state index in [0.717, 1.165) is 0 Å². The van der Waals surface area contributed by atoms with Crippen LogP contribution in [0.1, 0.15) is 33.6 Å². The predicted octanol–water partition coefficient (Wildman–Crippen LogP) is 2.01. The van der Waals surface area contributed by atoms with Crippen molar-refractivity contribution in [2.75, 3.05) is 18.4 Å². The number of carbonyl (C=O) groups is 2. The number of rotatable bonds is 2. The Kier molecular flexibility index (Phi) is 4.73. The predicted molar refractivity (Wildman–Crippen MR) is 82.4 cm³/mol. The third-order valence-electron chi connectivity index (χ3n) is 3.49. The van der Waals surface area contributed by atoms with Crippen LogP contribution in [0.25, 0.3) is 0 Å². The molecule has 0 spiro atoms. The Morgan fingerprint density at radius 1 is 1.32 bits per heavy atom. The van der Waals surface area contributed by atoms with Crippen molar-refractivity contribution in [3.8, 4) is 0 Å². The van der Waals surface area contributed by atoms with E-state index in [2.05, 4.69) is 10.4 Å². The van der Waals surface area contributed by atoms with Gasteiger partial charge in [-0.25, -0.2) is 4.79 Å². The van der Waals surface area contributed by atoms with E-state index in [9.17, 15) is 9.59 Å². The number of nitrogens with zero attached hydrogens (tertiary/aromatic N) is 3.